The molecule has 0 atom stereocenters. The topological polar surface area (TPSA) is 65.5 Å². The lowest BCUT2D eigenvalue weighted by molar-refractivity contribution is -0.142. The number of pyridine rings is 1. The third-order valence-electron chi connectivity index (χ3n) is 6.18. The van der Waals surface area contributed by atoms with Crippen molar-refractivity contribution in [1.29, 1.82) is 0 Å². The van der Waals surface area contributed by atoms with Crippen molar-refractivity contribution >= 4 is 17.6 Å². The summed E-state index contributed by atoms with van der Waals surface area (Å²) in [6, 6.07) is 4.12. The van der Waals surface area contributed by atoms with Gasteiger partial charge >= 0.3 is 0 Å². The molecule has 2 aliphatic rings. The van der Waals surface area contributed by atoms with Crippen LogP contribution >= 0.6 is 0 Å². The Hall–Kier alpha value is -2.11. The highest BCUT2D eigenvalue weighted by Crippen LogP contribution is 2.24. The molecule has 2 saturated heterocycles. The molecule has 29 heavy (non-hydrogen) atoms. The van der Waals surface area contributed by atoms with Gasteiger partial charge in [0.2, 0.25) is 11.8 Å². The number of piperidine rings is 2. The highest BCUT2D eigenvalue weighted by atomic mass is 16.2. The van der Waals surface area contributed by atoms with E-state index in [4.69, 9.17) is 0 Å². The number of aromatic nitrogens is 1. The predicted octanol–water partition coefficient (Wildman–Crippen LogP) is 3.22. The molecule has 1 aromatic heterocycles. The van der Waals surface area contributed by atoms with Crippen LogP contribution < -0.4 is 10.2 Å². The van der Waals surface area contributed by atoms with E-state index in [1.807, 2.05) is 31.9 Å². The minimum Gasteiger partial charge on any atom is -0.357 e. The molecule has 0 aliphatic carbocycles. The van der Waals surface area contributed by atoms with Crippen LogP contribution in [0.2, 0.25) is 0 Å². The number of anilines is 1. The first-order chi connectivity index (χ1) is 13.7. The molecular formula is C23H36N4O2. The van der Waals surface area contributed by atoms with Crippen molar-refractivity contribution in [2.75, 3.05) is 31.1 Å². The Morgan fingerprint density at radius 1 is 1.07 bits per heavy atom. The second-order valence-corrected chi connectivity index (χ2v) is 9.73. The molecule has 2 fully saturated rings. The van der Waals surface area contributed by atoms with Crippen molar-refractivity contribution < 1.29 is 9.59 Å². The summed E-state index contributed by atoms with van der Waals surface area (Å²) in [7, 11) is 0. The average Bonchev–Trinajstić information content (AvgIpc) is 2.72. The summed E-state index contributed by atoms with van der Waals surface area (Å²) in [5.41, 5.74) is 0.661. The summed E-state index contributed by atoms with van der Waals surface area (Å²) >= 11 is 0. The minimum absolute atomic E-state index is 0.0124. The van der Waals surface area contributed by atoms with E-state index in [1.165, 1.54) is 12.8 Å². The van der Waals surface area contributed by atoms with Gasteiger partial charge in [-0.3, -0.25) is 9.59 Å². The smallest absolute Gasteiger partial charge is 0.227 e. The first-order valence-electron chi connectivity index (χ1n) is 11.0. The van der Waals surface area contributed by atoms with Crippen molar-refractivity contribution in [3.8, 4) is 0 Å². The van der Waals surface area contributed by atoms with Gasteiger partial charge in [-0.2, -0.15) is 0 Å². The van der Waals surface area contributed by atoms with Crippen molar-refractivity contribution in [2.24, 2.45) is 17.3 Å². The van der Waals surface area contributed by atoms with Gasteiger partial charge in [0.1, 0.15) is 5.82 Å². The third-order valence-corrected chi connectivity index (χ3v) is 6.18. The molecule has 0 radical (unpaired) electrons. The van der Waals surface area contributed by atoms with Crippen LogP contribution in [0.4, 0.5) is 5.82 Å². The van der Waals surface area contributed by atoms with Gasteiger partial charge in [0.05, 0.1) is 0 Å². The maximum Gasteiger partial charge on any atom is 0.227 e. The van der Waals surface area contributed by atoms with Gasteiger partial charge in [0.25, 0.3) is 0 Å². The van der Waals surface area contributed by atoms with E-state index in [0.29, 0.717) is 19.6 Å². The summed E-state index contributed by atoms with van der Waals surface area (Å²) in [5.74, 6) is 2.08. The number of amides is 2. The van der Waals surface area contributed by atoms with Crippen molar-refractivity contribution in [3.63, 3.8) is 0 Å². The van der Waals surface area contributed by atoms with Gasteiger partial charge in [0, 0.05) is 50.3 Å². The van der Waals surface area contributed by atoms with Crippen molar-refractivity contribution in [3.05, 3.63) is 23.9 Å². The van der Waals surface area contributed by atoms with E-state index < -0.39 is 0 Å². The predicted molar refractivity (Wildman–Crippen MR) is 115 cm³/mol. The van der Waals surface area contributed by atoms with Crippen LogP contribution in [0.25, 0.3) is 0 Å². The van der Waals surface area contributed by atoms with Crippen LogP contribution in [0.1, 0.15) is 58.9 Å². The fraction of sp³-hybridized carbons (Fsp3) is 0.696. The van der Waals surface area contributed by atoms with Crippen molar-refractivity contribution in [2.45, 2.75) is 59.9 Å². The average molecular weight is 401 g/mol. The number of nitrogens with one attached hydrogen (secondary N) is 1. The highest BCUT2D eigenvalue weighted by molar-refractivity contribution is 5.82. The van der Waals surface area contributed by atoms with Crippen LogP contribution in [0, 0.1) is 17.3 Å². The zero-order valence-electron chi connectivity index (χ0n) is 18.4. The van der Waals surface area contributed by atoms with Crippen LogP contribution in [0.3, 0.4) is 0 Å². The molecule has 0 bridgehead atoms. The van der Waals surface area contributed by atoms with E-state index in [9.17, 15) is 9.59 Å². The summed E-state index contributed by atoms with van der Waals surface area (Å²) < 4.78 is 0. The highest BCUT2D eigenvalue weighted by Gasteiger charge is 2.32. The molecule has 0 aromatic carbocycles. The zero-order chi connectivity index (χ0) is 21.0. The standard InChI is InChI=1S/C23H36N4O2/c1-17-7-11-26(12-8-17)20-6-5-18(15-24-20)16-25-21(28)19-9-13-27(14-10-19)22(29)23(2,3)4/h5-6,15,17,19H,7-14,16H2,1-4H3,(H,25,28). The molecule has 1 N–H and O–H groups in total. The molecule has 1 aromatic rings. The quantitative estimate of drug-likeness (QED) is 0.843. The molecule has 6 heteroatoms. The molecule has 3 rings (SSSR count). The van der Waals surface area contributed by atoms with E-state index in [1.54, 1.807) is 0 Å². The van der Waals surface area contributed by atoms with Crippen LogP contribution in [-0.4, -0.2) is 47.9 Å². The molecule has 160 valence electrons. The third kappa shape index (κ3) is 5.71. The Balaban J connectivity index is 1.43. The van der Waals surface area contributed by atoms with Gasteiger partial charge in [-0.25, -0.2) is 4.98 Å². The van der Waals surface area contributed by atoms with E-state index in [2.05, 4.69) is 34.3 Å². The van der Waals surface area contributed by atoms with Crippen LogP contribution in [0.5, 0.6) is 0 Å². The van der Waals surface area contributed by atoms with E-state index in [-0.39, 0.29) is 23.1 Å². The molecular weight excluding hydrogens is 364 g/mol. The van der Waals surface area contributed by atoms with Gasteiger partial charge in [-0.1, -0.05) is 33.8 Å². The molecule has 2 amide bonds. The molecule has 3 heterocycles. The van der Waals surface area contributed by atoms with Gasteiger partial charge < -0.3 is 15.1 Å². The maximum atomic E-state index is 12.5. The lowest BCUT2D eigenvalue weighted by Gasteiger charge is -2.35. The van der Waals surface area contributed by atoms with E-state index >= 15 is 0 Å². The Labute approximate surface area is 175 Å². The second kappa shape index (κ2) is 9.14. The first-order valence-corrected chi connectivity index (χ1v) is 11.0. The van der Waals surface area contributed by atoms with Gasteiger partial charge in [0.15, 0.2) is 0 Å². The van der Waals surface area contributed by atoms with Gasteiger partial charge in [-0.15, -0.1) is 0 Å². The van der Waals surface area contributed by atoms with E-state index in [0.717, 1.165) is 43.2 Å². The van der Waals surface area contributed by atoms with Crippen molar-refractivity contribution in [1.82, 2.24) is 15.2 Å². The Kier molecular flexibility index (Phi) is 6.81. The van der Waals surface area contributed by atoms with Gasteiger partial charge in [-0.05, 0) is 43.2 Å². The Bertz CT molecular complexity index is 695. The number of likely N-dealkylation sites (tertiary alicyclic amines) is 1. The van der Waals surface area contributed by atoms with Crippen LogP contribution in [-0.2, 0) is 16.1 Å². The number of carbonyl (C=O) groups is 2. The molecule has 6 nitrogen and oxygen atoms in total. The normalized spacial score (nSPS) is 19.3. The summed E-state index contributed by atoms with van der Waals surface area (Å²) in [6.07, 6.45) is 5.79. The fourth-order valence-corrected chi connectivity index (χ4v) is 4.10. The largest absolute Gasteiger partial charge is 0.357 e. The summed E-state index contributed by atoms with van der Waals surface area (Å²) in [4.78, 5) is 33.8. The molecule has 2 aliphatic heterocycles. The number of carbonyl (C=O) groups excluding carboxylic acids is 2. The minimum atomic E-state index is -0.360. The molecule has 0 spiro atoms. The number of rotatable bonds is 4. The first kappa shape index (κ1) is 21.6. The summed E-state index contributed by atoms with van der Waals surface area (Å²) in [6.45, 7) is 12.1. The fourth-order valence-electron chi connectivity index (χ4n) is 4.10. The molecule has 0 unspecified atom stereocenters. The monoisotopic (exact) mass is 400 g/mol. The molecule has 0 saturated carbocycles. The second-order valence-electron chi connectivity index (χ2n) is 9.73. The lowest BCUT2D eigenvalue weighted by atomic mass is 9.90. The number of hydrogen-bond acceptors (Lipinski definition) is 4. The maximum absolute atomic E-state index is 12.5. The SMILES string of the molecule is CC1CCN(c2ccc(CNC(=O)C3CCN(C(=O)C(C)(C)C)CC3)cn2)CC1. The van der Waals surface area contributed by atoms with Crippen LogP contribution in [0.15, 0.2) is 18.3 Å². The number of hydrogen-bond donors (Lipinski definition) is 1. The Morgan fingerprint density at radius 2 is 1.72 bits per heavy atom. The Morgan fingerprint density at radius 3 is 2.28 bits per heavy atom. The number of nitrogens with zero attached hydrogens (tertiary/aromatic N) is 3. The zero-order valence-corrected chi connectivity index (χ0v) is 18.4. The lowest BCUT2D eigenvalue weighted by Crippen LogP contribution is -2.46. The summed E-state index contributed by atoms with van der Waals surface area (Å²) in [5, 5.41) is 3.05.